The molecule has 3 fully saturated rings. The molecule has 2 N–H and O–H groups in total. The second kappa shape index (κ2) is 5.49. The van der Waals surface area contributed by atoms with Gasteiger partial charge in [0.15, 0.2) is 0 Å². The summed E-state index contributed by atoms with van der Waals surface area (Å²) in [6.07, 6.45) is 5.23. The summed E-state index contributed by atoms with van der Waals surface area (Å²) in [5.74, 6) is 0.969. The minimum Gasteiger partial charge on any atom is -0.355 e. The van der Waals surface area contributed by atoms with Crippen molar-refractivity contribution in [1.82, 2.24) is 15.5 Å². The normalized spacial score (nSPS) is 28.5. The molecule has 5 nitrogen and oxygen atoms in total. The van der Waals surface area contributed by atoms with Crippen molar-refractivity contribution in [3.05, 3.63) is 0 Å². The van der Waals surface area contributed by atoms with Crippen LogP contribution in [0.15, 0.2) is 0 Å². The largest absolute Gasteiger partial charge is 0.355 e. The van der Waals surface area contributed by atoms with Crippen LogP contribution in [0.5, 0.6) is 0 Å². The third-order valence-electron chi connectivity index (χ3n) is 4.53. The van der Waals surface area contributed by atoms with Gasteiger partial charge in [-0.05, 0) is 38.1 Å². The predicted molar refractivity (Wildman–Crippen MR) is 71.4 cm³/mol. The summed E-state index contributed by atoms with van der Waals surface area (Å²) in [4.78, 5) is 25.3. The first-order valence-electron chi connectivity index (χ1n) is 7.51. The van der Waals surface area contributed by atoms with Crippen LogP contribution in [-0.2, 0) is 9.59 Å². The summed E-state index contributed by atoms with van der Waals surface area (Å²) >= 11 is 0. The van der Waals surface area contributed by atoms with E-state index < -0.39 is 0 Å². The number of amides is 2. The summed E-state index contributed by atoms with van der Waals surface area (Å²) in [5.41, 5.74) is 0. The van der Waals surface area contributed by atoms with Crippen molar-refractivity contribution in [3.8, 4) is 0 Å². The Kier molecular flexibility index (Phi) is 3.73. The number of hydrogen-bond acceptors (Lipinski definition) is 3. The monoisotopic (exact) mass is 265 g/mol. The molecule has 0 spiro atoms. The van der Waals surface area contributed by atoms with E-state index in [-0.39, 0.29) is 17.7 Å². The molecular weight excluding hydrogens is 242 g/mol. The van der Waals surface area contributed by atoms with Gasteiger partial charge in [0.1, 0.15) is 0 Å². The Morgan fingerprint density at radius 3 is 2.58 bits per heavy atom. The van der Waals surface area contributed by atoms with Crippen molar-refractivity contribution in [3.63, 3.8) is 0 Å². The average molecular weight is 265 g/mol. The number of likely N-dealkylation sites (tertiary alicyclic amines) is 1. The van der Waals surface area contributed by atoms with E-state index in [1.807, 2.05) is 4.90 Å². The van der Waals surface area contributed by atoms with Crippen molar-refractivity contribution < 1.29 is 9.59 Å². The lowest BCUT2D eigenvalue weighted by Gasteiger charge is -2.33. The molecular formula is C14H23N3O2. The Bertz CT molecular complexity index is 360. The lowest BCUT2D eigenvalue weighted by Crippen LogP contribution is -2.47. The van der Waals surface area contributed by atoms with Gasteiger partial charge in [0.05, 0.1) is 5.92 Å². The summed E-state index contributed by atoms with van der Waals surface area (Å²) in [5, 5.41) is 6.35. The second-order valence-electron chi connectivity index (χ2n) is 6.16. The van der Waals surface area contributed by atoms with Crippen LogP contribution in [0.25, 0.3) is 0 Å². The van der Waals surface area contributed by atoms with Crippen LogP contribution in [0.4, 0.5) is 0 Å². The lowest BCUT2D eigenvalue weighted by molar-refractivity contribution is -0.136. The maximum Gasteiger partial charge on any atom is 0.227 e. The molecule has 1 saturated carbocycles. The molecule has 0 aromatic rings. The van der Waals surface area contributed by atoms with Gasteiger partial charge in [-0.3, -0.25) is 9.59 Å². The molecule has 106 valence electrons. The van der Waals surface area contributed by atoms with Crippen LogP contribution < -0.4 is 10.6 Å². The van der Waals surface area contributed by atoms with Gasteiger partial charge < -0.3 is 15.5 Å². The highest BCUT2D eigenvalue weighted by Crippen LogP contribution is 2.28. The molecule has 1 aliphatic carbocycles. The molecule has 0 radical (unpaired) electrons. The fourth-order valence-electron chi connectivity index (χ4n) is 3.00. The highest BCUT2D eigenvalue weighted by Gasteiger charge is 2.33. The summed E-state index contributed by atoms with van der Waals surface area (Å²) < 4.78 is 0. The van der Waals surface area contributed by atoms with E-state index in [1.54, 1.807) is 0 Å². The van der Waals surface area contributed by atoms with Crippen LogP contribution in [0.1, 0.15) is 32.1 Å². The zero-order valence-electron chi connectivity index (χ0n) is 11.4. The first-order valence-corrected chi connectivity index (χ1v) is 7.51. The van der Waals surface area contributed by atoms with Crippen LogP contribution >= 0.6 is 0 Å². The van der Waals surface area contributed by atoms with Crippen molar-refractivity contribution in [2.45, 2.75) is 38.1 Å². The maximum atomic E-state index is 12.2. The number of carbonyl (C=O) groups excluding carboxylic acids is 2. The number of hydrogen-bond donors (Lipinski definition) is 2. The number of rotatable bonds is 4. The van der Waals surface area contributed by atoms with Crippen LogP contribution in [-0.4, -0.2) is 48.9 Å². The number of nitrogens with zero attached hydrogens (tertiary/aromatic N) is 1. The third-order valence-corrected chi connectivity index (χ3v) is 4.53. The Morgan fingerprint density at radius 1 is 1.26 bits per heavy atom. The van der Waals surface area contributed by atoms with Gasteiger partial charge in [-0.15, -0.1) is 0 Å². The summed E-state index contributed by atoms with van der Waals surface area (Å²) in [6, 6.07) is 0.577. The van der Waals surface area contributed by atoms with E-state index in [0.717, 1.165) is 38.4 Å². The van der Waals surface area contributed by atoms with Crippen LogP contribution in [0.2, 0.25) is 0 Å². The molecule has 19 heavy (non-hydrogen) atoms. The Hall–Kier alpha value is -1.10. The maximum absolute atomic E-state index is 12.2. The Labute approximate surface area is 114 Å². The fraction of sp³-hybridized carbons (Fsp3) is 0.857. The third kappa shape index (κ3) is 3.26. The highest BCUT2D eigenvalue weighted by atomic mass is 16.2. The Morgan fingerprint density at radius 2 is 2.00 bits per heavy atom. The minimum absolute atomic E-state index is 0.0133. The molecule has 1 unspecified atom stereocenters. The molecule has 0 bridgehead atoms. The van der Waals surface area contributed by atoms with Crippen LogP contribution in [0, 0.1) is 11.8 Å². The van der Waals surface area contributed by atoms with Gasteiger partial charge in [0, 0.05) is 32.1 Å². The summed E-state index contributed by atoms with van der Waals surface area (Å²) in [6.45, 7) is 3.36. The van der Waals surface area contributed by atoms with Gasteiger partial charge in [0.25, 0.3) is 0 Å². The summed E-state index contributed by atoms with van der Waals surface area (Å²) in [7, 11) is 0. The van der Waals surface area contributed by atoms with E-state index in [1.165, 1.54) is 12.8 Å². The molecule has 0 aromatic heterocycles. The second-order valence-corrected chi connectivity index (χ2v) is 6.16. The van der Waals surface area contributed by atoms with E-state index in [0.29, 0.717) is 19.0 Å². The van der Waals surface area contributed by atoms with Gasteiger partial charge in [-0.1, -0.05) is 0 Å². The number of carbonyl (C=O) groups is 2. The molecule has 3 aliphatic rings. The molecule has 3 rings (SSSR count). The van der Waals surface area contributed by atoms with Crippen molar-refractivity contribution in [1.29, 1.82) is 0 Å². The van der Waals surface area contributed by atoms with Gasteiger partial charge in [-0.25, -0.2) is 0 Å². The quantitative estimate of drug-likeness (QED) is 0.758. The predicted octanol–water partition coefficient (Wildman–Crippen LogP) is 0.113. The number of nitrogens with one attached hydrogen (secondary N) is 2. The van der Waals surface area contributed by atoms with Gasteiger partial charge in [-0.2, -0.15) is 0 Å². The molecule has 2 saturated heterocycles. The number of piperidine rings is 1. The smallest absolute Gasteiger partial charge is 0.227 e. The lowest BCUT2D eigenvalue weighted by atomic mass is 10.0. The van der Waals surface area contributed by atoms with Crippen molar-refractivity contribution in [2.75, 3.05) is 26.2 Å². The molecule has 5 heteroatoms. The molecule has 0 aromatic carbocycles. The van der Waals surface area contributed by atoms with E-state index in [4.69, 9.17) is 0 Å². The average Bonchev–Trinajstić information content (AvgIpc) is 3.17. The van der Waals surface area contributed by atoms with E-state index >= 15 is 0 Å². The standard InChI is InChI=1S/C14H23N3O2/c18-13-7-11(9-16-13)14(19)17-5-3-12(4-6-17)15-8-10-1-2-10/h10-12,15H,1-9H2,(H,16,18). The SMILES string of the molecule is O=C1CC(C(=O)N2CCC(NCC3CC3)CC2)CN1. The highest BCUT2D eigenvalue weighted by molar-refractivity contribution is 5.89. The fourth-order valence-corrected chi connectivity index (χ4v) is 3.00. The Balaban J connectivity index is 1.41. The van der Waals surface area contributed by atoms with Crippen molar-refractivity contribution in [2.24, 2.45) is 11.8 Å². The van der Waals surface area contributed by atoms with Crippen molar-refractivity contribution >= 4 is 11.8 Å². The zero-order valence-corrected chi connectivity index (χ0v) is 11.4. The topological polar surface area (TPSA) is 61.4 Å². The molecule has 2 amide bonds. The zero-order chi connectivity index (χ0) is 13.2. The van der Waals surface area contributed by atoms with Gasteiger partial charge in [0.2, 0.25) is 11.8 Å². The minimum atomic E-state index is -0.122. The van der Waals surface area contributed by atoms with E-state index in [2.05, 4.69) is 10.6 Å². The molecule has 2 heterocycles. The molecule has 1 atom stereocenters. The molecule has 2 aliphatic heterocycles. The van der Waals surface area contributed by atoms with E-state index in [9.17, 15) is 9.59 Å². The first kappa shape index (κ1) is 12.9. The van der Waals surface area contributed by atoms with Gasteiger partial charge >= 0.3 is 0 Å². The first-order chi connectivity index (χ1) is 9.22. The van der Waals surface area contributed by atoms with Crippen LogP contribution in [0.3, 0.4) is 0 Å².